The molecule has 0 aromatic heterocycles. The fourth-order valence-electron chi connectivity index (χ4n) is 9.51. The van der Waals surface area contributed by atoms with Gasteiger partial charge in [-0.3, -0.25) is 0 Å². The quantitative estimate of drug-likeness (QED) is 0.254. The van der Waals surface area contributed by atoms with Crippen LogP contribution in [0.5, 0.6) is 5.75 Å². The van der Waals surface area contributed by atoms with E-state index in [2.05, 4.69) is 40.7 Å². The minimum absolute atomic E-state index is 0.306. The van der Waals surface area contributed by atoms with Gasteiger partial charge in [0.05, 0.1) is 0 Å². The monoisotopic (exact) mass is 490 g/mol. The van der Waals surface area contributed by atoms with E-state index in [1.807, 2.05) is 30.3 Å². The van der Waals surface area contributed by atoms with Crippen LogP contribution >= 0.6 is 0 Å². The highest BCUT2D eigenvalue weighted by molar-refractivity contribution is 6.19. The van der Waals surface area contributed by atoms with Gasteiger partial charge < -0.3 is 9.31 Å². The van der Waals surface area contributed by atoms with E-state index in [-0.39, 0.29) is 0 Å². The maximum Gasteiger partial charge on any atom is 0.507 e. The Morgan fingerprint density at radius 2 is 1.75 bits per heavy atom. The summed E-state index contributed by atoms with van der Waals surface area (Å²) in [6, 6.07) is 10.1. The first kappa shape index (κ1) is 26.4. The van der Waals surface area contributed by atoms with Crippen molar-refractivity contribution in [2.24, 2.45) is 46.3 Å². The number of para-hydroxylation sites is 1. The molecule has 0 amide bonds. The fraction of sp³-hybridized carbons (Fsp3) is 0.758. The normalized spacial score (nSPS) is 38.5. The van der Waals surface area contributed by atoms with Crippen LogP contribution in [0.2, 0.25) is 0 Å². The first-order valence-electron chi connectivity index (χ1n) is 15.3. The number of rotatable bonds is 9. The molecular formula is C33H51BO2. The summed E-state index contributed by atoms with van der Waals surface area (Å²) in [5.74, 6) is 6.31. The van der Waals surface area contributed by atoms with Gasteiger partial charge in [0.25, 0.3) is 0 Å². The van der Waals surface area contributed by atoms with Crippen molar-refractivity contribution in [3.63, 3.8) is 0 Å². The minimum Gasteiger partial charge on any atom is -0.539 e. The predicted molar refractivity (Wildman–Crippen MR) is 152 cm³/mol. The summed E-state index contributed by atoms with van der Waals surface area (Å²) in [4.78, 5) is 0. The first-order chi connectivity index (χ1) is 17.3. The van der Waals surface area contributed by atoms with Gasteiger partial charge in [0.15, 0.2) is 0 Å². The van der Waals surface area contributed by atoms with Crippen molar-refractivity contribution < 1.29 is 9.31 Å². The maximum atomic E-state index is 6.23. The summed E-state index contributed by atoms with van der Waals surface area (Å²) in [6.45, 7) is 12.7. The average molecular weight is 491 g/mol. The van der Waals surface area contributed by atoms with Crippen LogP contribution in [0.1, 0.15) is 105 Å². The van der Waals surface area contributed by atoms with E-state index in [1.54, 1.807) is 5.57 Å². The van der Waals surface area contributed by atoms with E-state index >= 15 is 0 Å². The van der Waals surface area contributed by atoms with Gasteiger partial charge in [-0.25, -0.2) is 0 Å². The molecule has 8 atom stereocenters. The molecule has 3 saturated carbocycles. The molecule has 1 unspecified atom stereocenters. The van der Waals surface area contributed by atoms with E-state index in [4.69, 9.17) is 9.31 Å². The Morgan fingerprint density at radius 3 is 2.53 bits per heavy atom. The summed E-state index contributed by atoms with van der Waals surface area (Å²) >= 11 is 0. The molecule has 0 aliphatic heterocycles. The van der Waals surface area contributed by atoms with Gasteiger partial charge in [0, 0.05) is 6.10 Å². The second-order valence-corrected chi connectivity index (χ2v) is 13.9. The zero-order valence-corrected chi connectivity index (χ0v) is 23.8. The lowest BCUT2D eigenvalue weighted by Crippen LogP contribution is -2.51. The Hall–Kier alpha value is -1.22. The number of allylic oxidation sites excluding steroid dienone is 1. The zero-order chi connectivity index (χ0) is 25.3. The van der Waals surface area contributed by atoms with Crippen LogP contribution in [-0.2, 0) is 4.65 Å². The molecule has 0 N–H and O–H groups in total. The molecule has 3 heteroatoms. The molecule has 0 radical (unpaired) electrons. The van der Waals surface area contributed by atoms with Crippen molar-refractivity contribution in [1.82, 2.24) is 0 Å². The third kappa shape index (κ3) is 5.08. The van der Waals surface area contributed by atoms with Crippen LogP contribution in [0.3, 0.4) is 0 Å². The highest BCUT2D eigenvalue weighted by atomic mass is 16.6. The van der Waals surface area contributed by atoms with Crippen molar-refractivity contribution in [3.05, 3.63) is 42.0 Å². The van der Waals surface area contributed by atoms with E-state index in [1.165, 1.54) is 64.2 Å². The van der Waals surface area contributed by atoms with E-state index in [0.29, 0.717) is 24.6 Å². The lowest BCUT2D eigenvalue weighted by Gasteiger charge is -2.58. The van der Waals surface area contributed by atoms with Crippen molar-refractivity contribution in [3.8, 4) is 5.75 Å². The van der Waals surface area contributed by atoms with Gasteiger partial charge in [-0.15, -0.1) is 0 Å². The van der Waals surface area contributed by atoms with Gasteiger partial charge in [-0.2, -0.15) is 0 Å². The van der Waals surface area contributed by atoms with Crippen LogP contribution in [0, 0.1) is 46.3 Å². The largest absolute Gasteiger partial charge is 0.539 e. The molecule has 36 heavy (non-hydrogen) atoms. The molecule has 3 fully saturated rings. The Balaban J connectivity index is 1.20. The second-order valence-electron chi connectivity index (χ2n) is 13.9. The van der Waals surface area contributed by atoms with E-state index < -0.39 is 0 Å². The number of hydrogen-bond donors (Lipinski definition) is 0. The Morgan fingerprint density at radius 1 is 0.944 bits per heavy atom. The molecule has 198 valence electrons. The van der Waals surface area contributed by atoms with Gasteiger partial charge >= 0.3 is 7.69 Å². The molecule has 0 heterocycles. The van der Waals surface area contributed by atoms with Gasteiger partial charge in [-0.05, 0) is 110 Å². The first-order valence-corrected chi connectivity index (χ1v) is 15.3. The van der Waals surface area contributed by atoms with Crippen molar-refractivity contribution in [2.75, 3.05) is 0 Å². The highest BCUT2D eigenvalue weighted by Crippen LogP contribution is 2.67. The molecule has 0 bridgehead atoms. The maximum absolute atomic E-state index is 6.23. The lowest BCUT2D eigenvalue weighted by molar-refractivity contribution is -0.0562. The summed E-state index contributed by atoms with van der Waals surface area (Å²) in [5, 5.41) is 0. The van der Waals surface area contributed by atoms with Crippen LogP contribution in [0.25, 0.3) is 0 Å². The molecule has 0 spiro atoms. The summed E-state index contributed by atoms with van der Waals surface area (Å²) < 4.78 is 12.1. The number of benzene rings is 1. The molecule has 2 nitrogen and oxygen atoms in total. The van der Waals surface area contributed by atoms with Gasteiger partial charge in [0.2, 0.25) is 0 Å². The number of hydrogen-bond acceptors (Lipinski definition) is 2. The average Bonchev–Trinajstić information content (AvgIpc) is 3.22. The smallest absolute Gasteiger partial charge is 0.507 e. The molecule has 4 aliphatic carbocycles. The molecule has 1 aromatic rings. The summed E-state index contributed by atoms with van der Waals surface area (Å²) in [6.07, 6.45) is 18.0. The van der Waals surface area contributed by atoms with Gasteiger partial charge in [-0.1, -0.05) is 83.7 Å². The summed E-state index contributed by atoms with van der Waals surface area (Å²) in [7, 11) is 0.363. The third-order valence-corrected chi connectivity index (χ3v) is 11.5. The van der Waals surface area contributed by atoms with E-state index in [9.17, 15) is 0 Å². The fourth-order valence-corrected chi connectivity index (χ4v) is 9.51. The second kappa shape index (κ2) is 10.9. The SMILES string of the molecule is CC(C)CCCC(C)[C@H]1CC[C@H]2[C@@H]3CC=C4C[C@@H](OBOc5ccccc5)CC[C@]4(C)[C@H]3CC[C@]12C. The van der Waals surface area contributed by atoms with E-state index in [0.717, 1.165) is 47.7 Å². The van der Waals surface area contributed by atoms with Crippen molar-refractivity contribution in [2.45, 2.75) is 111 Å². The van der Waals surface area contributed by atoms with Crippen molar-refractivity contribution in [1.29, 1.82) is 0 Å². The zero-order valence-electron chi connectivity index (χ0n) is 23.8. The van der Waals surface area contributed by atoms with Crippen LogP contribution in [-0.4, -0.2) is 13.8 Å². The summed E-state index contributed by atoms with van der Waals surface area (Å²) in [5.41, 5.74) is 2.68. The Kier molecular flexibility index (Phi) is 7.97. The Bertz CT molecular complexity index is 896. The molecule has 4 aliphatic rings. The molecule has 5 rings (SSSR count). The third-order valence-electron chi connectivity index (χ3n) is 11.5. The Labute approximate surface area is 222 Å². The topological polar surface area (TPSA) is 18.5 Å². The van der Waals surface area contributed by atoms with Crippen LogP contribution in [0.4, 0.5) is 0 Å². The lowest BCUT2D eigenvalue weighted by atomic mass is 9.47. The number of fused-ring (bicyclic) bond motifs is 5. The molecule has 0 saturated heterocycles. The standard InChI is InChI=1S/C33H51BO2/c1-23(2)10-9-11-24(3)29-16-17-30-28-15-14-25-22-27(36-34-35-26-12-7-6-8-13-26)18-20-32(25,4)31(28)19-21-33(29,30)5/h6-8,12-14,23-24,27-31,34H,9-11,15-22H2,1-5H3/t24?,27-,28-,29+,30-,31-,32-,33+/m0/s1. The molecule has 1 aromatic carbocycles. The van der Waals surface area contributed by atoms with Crippen molar-refractivity contribution >= 4 is 7.69 Å². The minimum atomic E-state index is 0.306. The predicted octanol–water partition coefficient (Wildman–Crippen LogP) is 8.76. The highest BCUT2D eigenvalue weighted by Gasteiger charge is 2.59. The van der Waals surface area contributed by atoms with Crippen LogP contribution < -0.4 is 4.65 Å². The van der Waals surface area contributed by atoms with Gasteiger partial charge in [0.1, 0.15) is 5.75 Å². The van der Waals surface area contributed by atoms with Crippen LogP contribution in [0.15, 0.2) is 42.0 Å². The molecular weight excluding hydrogens is 439 g/mol.